The second kappa shape index (κ2) is 2.92. The van der Waals surface area contributed by atoms with Crippen molar-refractivity contribution in [2.24, 2.45) is 0 Å². The molecule has 0 bridgehead atoms. The topological polar surface area (TPSA) is 36.0 Å². The average Bonchev–Trinajstić information content (AvgIpc) is 2.50. The molecule has 0 atom stereocenters. The zero-order valence-corrected chi connectivity index (χ0v) is 7.93. The summed E-state index contributed by atoms with van der Waals surface area (Å²) in [6.45, 7) is 0.0772. The molecular formula is C9H8BrNO. The van der Waals surface area contributed by atoms with Gasteiger partial charge in [0.25, 0.3) is 0 Å². The lowest BCUT2D eigenvalue weighted by Crippen LogP contribution is -1.83. The third-order valence-electron chi connectivity index (χ3n) is 1.89. The van der Waals surface area contributed by atoms with Gasteiger partial charge in [-0.3, -0.25) is 0 Å². The SMILES string of the molecule is OCc1cc(Br)cc2[nH]ccc12. The van der Waals surface area contributed by atoms with Crippen molar-refractivity contribution in [1.29, 1.82) is 0 Å². The van der Waals surface area contributed by atoms with E-state index < -0.39 is 0 Å². The molecule has 2 rings (SSSR count). The van der Waals surface area contributed by atoms with Gasteiger partial charge in [-0.05, 0) is 23.8 Å². The van der Waals surface area contributed by atoms with Gasteiger partial charge in [-0.25, -0.2) is 0 Å². The zero-order chi connectivity index (χ0) is 8.55. The van der Waals surface area contributed by atoms with E-state index in [1.54, 1.807) is 0 Å². The number of aromatic nitrogens is 1. The maximum absolute atomic E-state index is 9.04. The summed E-state index contributed by atoms with van der Waals surface area (Å²) in [6.07, 6.45) is 1.87. The van der Waals surface area contributed by atoms with E-state index in [2.05, 4.69) is 20.9 Å². The number of aromatic amines is 1. The summed E-state index contributed by atoms with van der Waals surface area (Å²) in [5.74, 6) is 0. The largest absolute Gasteiger partial charge is 0.392 e. The van der Waals surface area contributed by atoms with Crippen LogP contribution >= 0.6 is 15.9 Å². The standard InChI is InChI=1S/C9H8BrNO/c10-7-3-6(5-12)8-1-2-11-9(8)4-7/h1-4,11-12H,5H2. The van der Waals surface area contributed by atoms with E-state index in [1.165, 1.54) is 0 Å². The van der Waals surface area contributed by atoms with Gasteiger partial charge in [0.1, 0.15) is 0 Å². The van der Waals surface area contributed by atoms with Crippen LogP contribution in [0.25, 0.3) is 10.9 Å². The molecule has 0 saturated carbocycles. The molecule has 2 nitrogen and oxygen atoms in total. The van der Waals surface area contributed by atoms with Crippen LogP contribution in [0.3, 0.4) is 0 Å². The minimum Gasteiger partial charge on any atom is -0.392 e. The van der Waals surface area contributed by atoms with Crippen molar-refractivity contribution >= 4 is 26.8 Å². The van der Waals surface area contributed by atoms with Crippen molar-refractivity contribution in [3.63, 3.8) is 0 Å². The Bertz CT molecular complexity index is 408. The van der Waals surface area contributed by atoms with Gasteiger partial charge in [0, 0.05) is 21.6 Å². The minimum absolute atomic E-state index is 0.0772. The molecule has 0 saturated heterocycles. The summed E-state index contributed by atoms with van der Waals surface area (Å²) in [7, 11) is 0. The van der Waals surface area contributed by atoms with Gasteiger partial charge in [0.05, 0.1) is 6.61 Å². The molecule has 0 aliphatic carbocycles. The number of rotatable bonds is 1. The molecule has 0 aliphatic rings. The highest BCUT2D eigenvalue weighted by Crippen LogP contribution is 2.23. The first-order valence-corrected chi connectivity index (χ1v) is 4.47. The predicted molar refractivity (Wildman–Crippen MR) is 51.9 cm³/mol. The molecule has 3 heteroatoms. The Morgan fingerprint density at radius 1 is 1.42 bits per heavy atom. The number of benzene rings is 1. The highest BCUT2D eigenvalue weighted by Gasteiger charge is 2.01. The average molecular weight is 226 g/mol. The molecule has 0 fully saturated rings. The van der Waals surface area contributed by atoms with E-state index in [-0.39, 0.29) is 6.61 Å². The molecule has 0 aliphatic heterocycles. The van der Waals surface area contributed by atoms with Crippen LogP contribution in [-0.2, 0) is 6.61 Å². The fraction of sp³-hybridized carbons (Fsp3) is 0.111. The number of hydrogen-bond acceptors (Lipinski definition) is 1. The van der Waals surface area contributed by atoms with Crippen LogP contribution in [0, 0.1) is 0 Å². The van der Waals surface area contributed by atoms with E-state index >= 15 is 0 Å². The van der Waals surface area contributed by atoms with Crippen molar-refractivity contribution in [2.75, 3.05) is 0 Å². The van der Waals surface area contributed by atoms with Gasteiger partial charge in [-0.15, -0.1) is 0 Å². The first-order chi connectivity index (χ1) is 5.81. The lowest BCUT2D eigenvalue weighted by Gasteiger charge is -1.99. The molecule has 0 unspecified atom stereocenters. The van der Waals surface area contributed by atoms with Gasteiger partial charge in [-0.1, -0.05) is 15.9 Å². The van der Waals surface area contributed by atoms with Gasteiger partial charge in [-0.2, -0.15) is 0 Å². The fourth-order valence-corrected chi connectivity index (χ4v) is 1.84. The number of aliphatic hydroxyl groups is 1. The van der Waals surface area contributed by atoms with Crippen LogP contribution in [0.15, 0.2) is 28.9 Å². The summed E-state index contributed by atoms with van der Waals surface area (Å²) in [6, 6.07) is 5.89. The molecular weight excluding hydrogens is 218 g/mol. The van der Waals surface area contributed by atoms with Gasteiger partial charge in [0.15, 0.2) is 0 Å². The molecule has 2 aromatic rings. The molecule has 1 heterocycles. The Hall–Kier alpha value is -0.800. The monoisotopic (exact) mass is 225 g/mol. The molecule has 0 radical (unpaired) electrons. The summed E-state index contributed by atoms with van der Waals surface area (Å²) in [5, 5.41) is 10.1. The molecule has 1 aromatic carbocycles. The minimum atomic E-state index is 0.0772. The maximum Gasteiger partial charge on any atom is 0.0688 e. The van der Waals surface area contributed by atoms with E-state index in [0.29, 0.717) is 0 Å². The third kappa shape index (κ3) is 1.15. The van der Waals surface area contributed by atoms with Crippen molar-refractivity contribution in [3.05, 3.63) is 34.4 Å². The third-order valence-corrected chi connectivity index (χ3v) is 2.35. The predicted octanol–water partition coefficient (Wildman–Crippen LogP) is 2.42. The van der Waals surface area contributed by atoms with E-state index in [1.807, 2.05) is 24.4 Å². The Morgan fingerprint density at radius 2 is 2.25 bits per heavy atom. The molecule has 2 N–H and O–H groups in total. The van der Waals surface area contributed by atoms with Crippen LogP contribution in [0.1, 0.15) is 5.56 Å². The van der Waals surface area contributed by atoms with Crippen LogP contribution < -0.4 is 0 Å². The Labute approximate surface area is 78.3 Å². The second-order valence-corrected chi connectivity index (χ2v) is 3.58. The van der Waals surface area contributed by atoms with E-state index in [0.717, 1.165) is 20.9 Å². The first-order valence-electron chi connectivity index (χ1n) is 3.67. The summed E-state index contributed by atoms with van der Waals surface area (Å²) < 4.78 is 0.988. The first kappa shape index (κ1) is 7.83. The van der Waals surface area contributed by atoms with Crippen LogP contribution in [0.2, 0.25) is 0 Å². The number of aliphatic hydroxyl groups excluding tert-OH is 1. The van der Waals surface area contributed by atoms with Crippen LogP contribution in [-0.4, -0.2) is 10.1 Å². The van der Waals surface area contributed by atoms with Gasteiger partial charge < -0.3 is 10.1 Å². The number of H-pyrrole nitrogens is 1. The molecule has 1 aromatic heterocycles. The lowest BCUT2D eigenvalue weighted by atomic mass is 10.1. The zero-order valence-electron chi connectivity index (χ0n) is 6.34. The smallest absolute Gasteiger partial charge is 0.0688 e. The Balaban J connectivity index is 2.80. The molecule has 0 amide bonds. The Morgan fingerprint density at radius 3 is 3.00 bits per heavy atom. The lowest BCUT2D eigenvalue weighted by molar-refractivity contribution is 0.283. The van der Waals surface area contributed by atoms with Crippen molar-refractivity contribution in [3.8, 4) is 0 Å². The number of nitrogens with one attached hydrogen (secondary N) is 1. The number of halogens is 1. The van der Waals surface area contributed by atoms with Crippen molar-refractivity contribution in [1.82, 2.24) is 4.98 Å². The highest BCUT2D eigenvalue weighted by molar-refractivity contribution is 9.10. The molecule has 62 valence electrons. The van der Waals surface area contributed by atoms with Gasteiger partial charge in [0.2, 0.25) is 0 Å². The number of hydrogen-bond donors (Lipinski definition) is 2. The highest BCUT2D eigenvalue weighted by atomic mass is 79.9. The van der Waals surface area contributed by atoms with Crippen molar-refractivity contribution in [2.45, 2.75) is 6.61 Å². The fourth-order valence-electron chi connectivity index (χ4n) is 1.34. The summed E-state index contributed by atoms with van der Waals surface area (Å²) >= 11 is 3.38. The molecule has 0 spiro atoms. The normalized spacial score (nSPS) is 10.8. The quantitative estimate of drug-likeness (QED) is 0.769. The van der Waals surface area contributed by atoms with Crippen LogP contribution in [0.5, 0.6) is 0 Å². The Kier molecular flexibility index (Phi) is 1.90. The van der Waals surface area contributed by atoms with E-state index in [4.69, 9.17) is 5.11 Å². The maximum atomic E-state index is 9.04. The van der Waals surface area contributed by atoms with E-state index in [9.17, 15) is 0 Å². The van der Waals surface area contributed by atoms with Crippen molar-refractivity contribution < 1.29 is 5.11 Å². The molecule has 12 heavy (non-hydrogen) atoms. The van der Waals surface area contributed by atoms with Gasteiger partial charge >= 0.3 is 0 Å². The summed E-state index contributed by atoms with van der Waals surface area (Å²) in [4.78, 5) is 3.09. The summed E-state index contributed by atoms with van der Waals surface area (Å²) in [5.41, 5.74) is 1.99. The second-order valence-electron chi connectivity index (χ2n) is 2.66. The van der Waals surface area contributed by atoms with Crippen LogP contribution in [0.4, 0.5) is 0 Å². The number of fused-ring (bicyclic) bond motifs is 1.